The van der Waals surface area contributed by atoms with Gasteiger partial charge in [0.05, 0.1) is 0 Å². The molecule has 8 heteroatoms. The first-order valence-electron chi connectivity index (χ1n) is 6.77. The zero-order valence-corrected chi connectivity index (χ0v) is 11.5. The van der Waals surface area contributed by atoms with Crippen LogP contribution in [0.2, 0.25) is 0 Å². The molecule has 0 spiro atoms. The maximum atomic E-state index is 13.3. The minimum atomic E-state index is -3.89. The third kappa shape index (κ3) is 2.43. The van der Waals surface area contributed by atoms with E-state index < -0.39 is 29.4 Å². The SMILES string of the molecule is O=C(OC1CC2CC1C1CCCC21)C(F)(F)SOOO. The third-order valence-corrected chi connectivity index (χ3v) is 5.54. The van der Waals surface area contributed by atoms with E-state index in [2.05, 4.69) is 9.37 Å². The zero-order chi connectivity index (χ0) is 14.3. The molecule has 1 N–H and O–H groups in total. The summed E-state index contributed by atoms with van der Waals surface area (Å²) in [5.74, 6) is 0.350. The molecule has 2 bridgehead atoms. The van der Waals surface area contributed by atoms with Crippen molar-refractivity contribution >= 4 is 18.0 Å². The first-order chi connectivity index (χ1) is 9.53. The number of esters is 1. The van der Waals surface area contributed by atoms with Gasteiger partial charge in [0.15, 0.2) is 0 Å². The number of carbonyl (C=O) groups is 1. The Morgan fingerprint density at radius 3 is 2.70 bits per heavy atom. The number of hydrogen-bond acceptors (Lipinski definition) is 6. The number of carbonyl (C=O) groups excluding carboxylic acids is 1. The standard InChI is InChI=1S/C12H16F2O5S/c13-12(14,20-19-18-16)11(15)17-10-5-6-4-9(10)8-3-1-2-7(6)8/h6-10,16H,1-5H2. The first-order valence-corrected chi connectivity index (χ1v) is 7.52. The monoisotopic (exact) mass is 310 g/mol. The molecule has 3 saturated carbocycles. The van der Waals surface area contributed by atoms with Gasteiger partial charge >= 0.3 is 11.2 Å². The Kier molecular flexibility index (Phi) is 3.91. The summed E-state index contributed by atoms with van der Waals surface area (Å²) in [5.41, 5.74) is 0. The average Bonchev–Trinajstić information content (AvgIpc) is 3.07. The highest BCUT2D eigenvalue weighted by Crippen LogP contribution is 2.59. The molecule has 3 rings (SSSR count). The van der Waals surface area contributed by atoms with Crippen molar-refractivity contribution in [2.45, 2.75) is 43.5 Å². The average molecular weight is 310 g/mol. The lowest BCUT2D eigenvalue weighted by Gasteiger charge is -2.31. The van der Waals surface area contributed by atoms with E-state index >= 15 is 0 Å². The van der Waals surface area contributed by atoms with Crippen LogP contribution in [-0.4, -0.2) is 22.6 Å². The molecular weight excluding hydrogens is 294 g/mol. The van der Waals surface area contributed by atoms with E-state index in [9.17, 15) is 13.6 Å². The van der Waals surface area contributed by atoms with Crippen molar-refractivity contribution < 1.29 is 32.9 Å². The molecule has 0 aromatic carbocycles. The van der Waals surface area contributed by atoms with Crippen LogP contribution in [0.5, 0.6) is 0 Å². The van der Waals surface area contributed by atoms with Crippen molar-refractivity contribution in [3.05, 3.63) is 0 Å². The molecule has 5 atom stereocenters. The smallest absolute Gasteiger partial charge is 0.415 e. The number of hydrogen-bond donors (Lipinski definition) is 1. The van der Waals surface area contributed by atoms with E-state index in [1.54, 1.807) is 0 Å². The number of fused-ring (bicyclic) bond motifs is 5. The van der Waals surface area contributed by atoms with Crippen LogP contribution in [0.3, 0.4) is 0 Å². The van der Waals surface area contributed by atoms with Gasteiger partial charge in [0.1, 0.15) is 18.1 Å². The molecule has 0 heterocycles. The van der Waals surface area contributed by atoms with Crippen molar-refractivity contribution in [2.24, 2.45) is 23.7 Å². The summed E-state index contributed by atoms with van der Waals surface area (Å²) < 4.78 is 35.3. The Hall–Kier alpha value is -0.440. The van der Waals surface area contributed by atoms with Crippen LogP contribution in [0.1, 0.15) is 32.1 Å². The second kappa shape index (κ2) is 5.40. The summed E-state index contributed by atoms with van der Waals surface area (Å²) in [6, 6.07) is 0. The van der Waals surface area contributed by atoms with Gasteiger partial charge in [0, 0.05) is 0 Å². The van der Waals surface area contributed by atoms with Crippen LogP contribution in [0, 0.1) is 23.7 Å². The molecule has 0 aliphatic heterocycles. The van der Waals surface area contributed by atoms with Gasteiger partial charge in [-0.25, -0.2) is 10.1 Å². The van der Waals surface area contributed by atoms with Gasteiger partial charge in [0.25, 0.3) is 0 Å². The molecule has 3 aliphatic carbocycles. The highest BCUT2D eigenvalue weighted by molar-refractivity contribution is 7.96. The van der Waals surface area contributed by atoms with E-state index in [0.717, 1.165) is 12.8 Å². The molecule has 0 amide bonds. The van der Waals surface area contributed by atoms with Crippen LogP contribution in [0.25, 0.3) is 0 Å². The van der Waals surface area contributed by atoms with Crippen LogP contribution in [-0.2, 0) is 18.9 Å². The molecule has 0 aromatic heterocycles. The molecule has 0 saturated heterocycles. The van der Waals surface area contributed by atoms with Gasteiger partial charge < -0.3 is 4.74 Å². The fourth-order valence-electron chi connectivity index (χ4n) is 4.44. The van der Waals surface area contributed by atoms with Gasteiger partial charge in [0.2, 0.25) is 0 Å². The van der Waals surface area contributed by atoms with Crippen molar-refractivity contribution in [3.8, 4) is 0 Å². The lowest BCUT2D eigenvalue weighted by atomic mass is 9.80. The van der Waals surface area contributed by atoms with Crippen molar-refractivity contribution in [1.82, 2.24) is 0 Å². The van der Waals surface area contributed by atoms with Gasteiger partial charge in [-0.2, -0.15) is 8.78 Å². The fourth-order valence-corrected chi connectivity index (χ4v) is 4.67. The van der Waals surface area contributed by atoms with Crippen LogP contribution < -0.4 is 0 Å². The second-order valence-corrected chi connectivity index (χ2v) is 6.66. The Morgan fingerprint density at radius 1 is 1.20 bits per heavy atom. The van der Waals surface area contributed by atoms with Crippen LogP contribution in [0.15, 0.2) is 0 Å². The van der Waals surface area contributed by atoms with Gasteiger partial charge in [-0.05, 0) is 49.4 Å². The van der Waals surface area contributed by atoms with E-state index in [-0.39, 0.29) is 5.92 Å². The van der Waals surface area contributed by atoms with E-state index in [1.165, 1.54) is 12.8 Å². The predicted molar refractivity (Wildman–Crippen MR) is 64.3 cm³/mol. The molecular formula is C12H16F2O5S. The van der Waals surface area contributed by atoms with Crippen molar-refractivity contribution in [3.63, 3.8) is 0 Å². The Morgan fingerprint density at radius 2 is 1.95 bits per heavy atom. The molecule has 0 aromatic rings. The largest absolute Gasteiger partial charge is 0.457 e. The summed E-state index contributed by atoms with van der Waals surface area (Å²) in [6.07, 6.45) is 4.80. The summed E-state index contributed by atoms with van der Waals surface area (Å²) in [7, 11) is 0. The molecule has 3 aliphatic rings. The Balaban J connectivity index is 1.58. The summed E-state index contributed by atoms with van der Waals surface area (Å²) >= 11 is -0.570. The van der Waals surface area contributed by atoms with Crippen LogP contribution in [0.4, 0.5) is 8.78 Å². The van der Waals surface area contributed by atoms with Gasteiger partial charge in [-0.15, -0.1) is 4.33 Å². The normalized spacial score (nSPS) is 39.0. The molecule has 20 heavy (non-hydrogen) atoms. The third-order valence-electron chi connectivity index (χ3n) is 5.03. The lowest BCUT2D eigenvalue weighted by molar-refractivity contribution is -0.433. The first kappa shape index (κ1) is 14.5. The van der Waals surface area contributed by atoms with Crippen molar-refractivity contribution in [2.75, 3.05) is 0 Å². The van der Waals surface area contributed by atoms with Gasteiger partial charge in [-0.1, -0.05) is 11.5 Å². The Labute approximate surface area is 119 Å². The molecule has 0 radical (unpaired) electrons. The summed E-state index contributed by atoms with van der Waals surface area (Å²) in [5, 5.41) is 7.05. The number of alkyl halides is 2. The van der Waals surface area contributed by atoms with Gasteiger partial charge in [-0.3, -0.25) is 0 Å². The highest BCUT2D eigenvalue weighted by atomic mass is 32.2. The maximum Gasteiger partial charge on any atom is 0.415 e. The predicted octanol–water partition coefficient (Wildman–Crippen LogP) is 3.02. The number of ether oxygens (including phenoxy) is 1. The second-order valence-electron chi connectivity index (χ2n) is 5.84. The summed E-state index contributed by atoms with van der Waals surface area (Å²) in [4.78, 5) is 11.5. The van der Waals surface area contributed by atoms with E-state index in [1.807, 2.05) is 0 Å². The zero-order valence-electron chi connectivity index (χ0n) is 10.7. The van der Waals surface area contributed by atoms with E-state index in [0.29, 0.717) is 24.2 Å². The highest BCUT2D eigenvalue weighted by Gasteiger charge is 2.56. The van der Waals surface area contributed by atoms with Crippen molar-refractivity contribution in [1.29, 1.82) is 0 Å². The molecule has 5 nitrogen and oxygen atoms in total. The summed E-state index contributed by atoms with van der Waals surface area (Å²) in [6.45, 7) is 0. The van der Waals surface area contributed by atoms with E-state index in [4.69, 9.17) is 9.99 Å². The number of halogens is 2. The fraction of sp³-hybridized carbons (Fsp3) is 0.917. The van der Waals surface area contributed by atoms with Crippen LogP contribution >= 0.6 is 12.0 Å². The minimum absolute atomic E-state index is 0.229. The quantitative estimate of drug-likeness (QED) is 0.364. The minimum Gasteiger partial charge on any atom is -0.457 e. The molecule has 3 fully saturated rings. The number of rotatable bonds is 5. The molecule has 5 unspecified atom stereocenters. The maximum absolute atomic E-state index is 13.3. The lowest BCUT2D eigenvalue weighted by Crippen LogP contribution is -2.37. The molecule has 114 valence electrons. The Bertz CT molecular complexity index is 394. The topological polar surface area (TPSA) is 65.0 Å².